The zero-order valence-corrected chi connectivity index (χ0v) is 10.7. The number of carbonyl (C=O) groups is 1. The number of allylic oxidation sites excluding steroid dienone is 3. The molecule has 2 nitrogen and oxygen atoms in total. The second kappa shape index (κ2) is 5.88. The Balaban J connectivity index is 2.41. The number of amides is 1. The topological polar surface area (TPSA) is 29.1 Å². The molecule has 1 aliphatic carbocycles. The standard InChI is InChI=1S/C14H23NO/c1-4-10-14(2,3)15-13(16)11-12-8-6-5-7-9-12/h6,8-9H,4-5,7,10-11H2,1-3H3,(H,15,16). The Bertz CT molecular complexity index is 300. The summed E-state index contributed by atoms with van der Waals surface area (Å²) in [5.41, 5.74) is 1.07. The zero-order chi connectivity index (χ0) is 12.0. The molecule has 0 bridgehead atoms. The van der Waals surface area contributed by atoms with E-state index < -0.39 is 0 Å². The molecule has 0 unspecified atom stereocenters. The predicted octanol–water partition coefficient (Wildman–Crippen LogP) is 3.35. The number of nitrogens with one attached hydrogen (secondary N) is 1. The van der Waals surface area contributed by atoms with Crippen molar-refractivity contribution in [1.82, 2.24) is 5.32 Å². The SMILES string of the molecule is CCCC(C)(C)NC(=O)CC1=CCCC=C1. The fourth-order valence-electron chi connectivity index (χ4n) is 2.09. The molecule has 0 heterocycles. The second-order valence-electron chi connectivity index (χ2n) is 5.12. The van der Waals surface area contributed by atoms with Crippen LogP contribution in [0, 0.1) is 0 Å². The van der Waals surface area contributed by atoms with E-state index >= 15 is 0 Å². The third-order valence-electron chi connectivity index (χ3n) is 2.79. The molecule has 1 N–H and O–H groups in total. The molecule has 0 aromatic rings. The molecule has 0 aromatic carbocycles. The molecule has 0 atom stereocenters. The lowest BCUT2D eigenvalue weighted by Crippen LogP contribution is -2.43. The largest absolute Gasteiger partial charge is 0.351 e. The fraction of sp³-hybridized carbons (Fsp3) is 0.643. The van der Waals surface area contributed by atoms with E-state index in [0.29, 0.717) is 6.42 Å². The average molecular weight is 221 g/mol. The van der Waals surface area contributed by atoms with Gasteiger partial charge in [-0.2, -0.15) is 0 Å². The third-order valence-corrected chi connectivity index (χ3v) is 2.79. The second-order valence-corrected chi connectivity index (χ2v) is 5.12. The van der Waals surface area contributed by atoms with Gasteiger partial charge < -0.3 is 5.32 Å². The Labute approximate surface area is 98.8 Å². The minimum absolute atomic E-state index is 0.0786. The van der Waals surface area contributed by atoms with Crippen LogP contribution in [0.2, 0.25) is 0 Å². The lowest BCUT2D eigenvalue weighted by molar-refractivity contribution is -0.122. The van der Waals surface area contributed by atoms with Crippen LogP contribution in [0.5, 0.6) is 0 Å². The highest BCUT2D eigenvalue weighted by Gasteiger charge is 2.19. The molecule has 90 valence electrons. The van der Waals surface area contributed by atoms with Crippen LogP contribution in [0.3, 0.4) is 0 Å². The molecule has 0 saturated heterocycles. The zero-order valence-electron chi connectivity index (χ0n) is 10.7. The summed E-state index contributed by atoms with van der Waals surface area (Å²) < 4.78 is 0. The molecule has 16 heavy (non-hydrogen) atoms. The van der Waals surface area contributed by atoms with E-state index in [2.05, 4.69) is 44.3 Å². The van der Waals surface area contributed by atoms with Gasteiger partial charge in [-0.1, -0.05) is 31.6 Å². The maximum absolute atomic E-state index is 11.8. The lowest BCUT2D eigenvalue weighted by Gasteiger charge is -2.26. The van der Waals surface area contributed by atoms with E-state index in [1.807, 2.05) is 0 Å². The normalized spacial score (nSPS) is 15.8. The highest BCUT2D eigenvalue weighted by Crippen LogP contribution is 2.15. The lowest BCUT2D eigenvalue weighted by atomic mass is 9.97. The van der Waals surface area contributed by atoms with Crippen molar-refractivity contribution >= 4 is 5.91 Å². The molecule has 0 saturated carbocycles. The summed E-state index contributed by atoms with van der Waals surface area (Å²) in [5, 5.41) is 3.09. The minimum atomic E-state index is -0.0786. The van der Waals surface area contributed by atoms with Crippen LogP contribution in [-0.2, 0) is 4.79 Å². The van der Waals surface area contributed by atoms with Gasteiger partial charge in [0, 0.05) is 5.54 Å². The van der Waals surface area contributed by atoms with Crippen LogP contribution in [0.15, 0.2) is 23.8 Å². The smallest absolute Gasteiger partial charge is 0.224 e. The van der Waals surface area contributed by atoms with Crippen molar-refractivity contribution in [3.8, 4) is 0 Å². The quantitative estimate of drug-likeness (QED) is 0.758. The van der Waals surface area contributed by atoms with E-state index in [9.17, 15) is 4.79 Å². The van der Waals surface area contributed by atoms with Crippen molar-refractivity contribution in [3.05, 3.63) is 23.8 Å². The first-order valence-electron chi connectivity index (χ1n) is 6.20. The summed E-state index contributed by atoms with van der Waals surface area (Å²) in [6, 6.07) is 0. The van der Waals surface area contributed by atoms with Gasteiger partial charge in [-0.15, -0.1) is 0 Å². The highest BCUT2D eigenvalue weighted by molar-refractivity contribution is 5.79. The summed E-state index contributed by atoms with van der Waals surface area (Å²) in [6.07, 6.45) is 11.2. The summed E-state index contributed by atoms with van der Waals surface area (Å²) in [7, 11) is 0. The van der Waals surface area contributed by atoms with Gasteiger partial charge in [-0.25, -0.2) is 0 Å². The van der Waals surface area contributed by atoms with Crippen molar-refractivity contribution in [2.75, 3.05) is 0 Å². The van der Waals surface area contributed by atoms with Crippen LogP contribution in [0.25, 0.3) is 0 Å². The maximum atomic E-state index is 11.8. The van der Waals surface area contributed by atoms with Gasteiger partial charge in [-0.3, -0.25) is 4.79 Å². The third kappa shape index (κ3) is 4.65. The molecular formula is C14H23NO. The predicted molar refractivity (Wildman–Crippen MR) is 68.2 cm³/mol. The Hall–Kier alpha value is -1.05. The molecule has 0 aliphatic heterocycles. The molecule has 1 amide bonds. The first-order chi connectivity index (χ1) is 7.53. The van der Waals surface area contributed by atoms with Gasteiger partial charge in [0.25, 0.3) is 0 Å². The molecule has 0 radical (unpaired) electrons. The maximum Gasteiger partial charge on any atom is 0.224 e. The van der Waals surface area contributed by atoms with Gasteiger partial charge >= 0.3 is 0 Å². The van der Waals surface area contributed by atoms with Crippen LogP contribution < -0.4 is 5.32 Å². The first-order valence-corrected chi connectivity index (χ1v) is 6.20. The van der Waals surface area contributed by atoms with E-state index in [1.54, 1.807) is 0 Å². The molecule has 1 rings (SSSR count). The van der Waals surface area contributed by atoms with Crippen molar-refractivity contribution in [2.24, 2.45) is 0 Å². The number of rotatable bonds is 5. The van der Waals surface area contributed by atoms with Crippen molar-refractivity contribution in [3.63, 3.8) is 0 Å². The molecular weight excluding hydrogens is 198 g/mol. The van der Waals surface area contributed by atoms with Gasteiger partial charge in [0.15, 0.2) is 0 Å². The van der Waals surface area contributed by atoms with E-state index in [-0.39, 0.29) is 11.4 Å². The number of hydrogen-bond donors (Lipinski definition) is 1. The van der Waals surface area contributed by atoms with Crippen LogP contribution in [-0.4, -0.2) is 11.4 Å². The van der Waals surface area contributed by atoms with Crippen LogP contribution in [0.4, 0.5) is 0 Å². The fourth-order valence-corrected chi connectivity index (χ4v) is 2.09. The molecule has 0 aromatic heterocycles. The monoisotopic (exact) mass is 221 g/mol. The molecule has 0 spiro atoms. The molecule has 2 heteroatoms. The Kier molecular flexibility index (Phi) is 4.78. The Morgan fingerprint density at radius 2 is 2.19 bits per heavy atom. The minimum Gasteiger partial charge on any atom is -0.351 e. The van der Waals surface area contributed by atoms with Gasteiger partial charge in [0.1, 0.15) is 0 Å². The number of carbonyl (C=O) groups excluding carboxylic acids is 1. The van der Waals surface area contributed by atoms with E-state index in [0.717, 1.165) is 31.3 Å². The average Bonchev–Trinajstić information content (AvgIpc) is 2.17. The highest BCUT2D eigenvalue weighted by atomic mass is 16.1. The Morgan fingerprint density at radius 3 is 2.75 bits per heavy atom. The summed E-state index contributed by atoms with van der Waals surface area (Å²) in [6.45, 7) is 6.30. The summed E-state index contributed by atoms with van der Waals surface area (Å²) in [4.78, 5) is 11.8. The molecule has 0 fully saturated rings. The van der Waals surface area contributed by atoms with Crippen LogP contribution >= 0.6 is 0 Å². The van der Waals surface area contributed by atoms with Gasteiger partial charge in [0.2, 0.25) is 5.91 Å². The van der Waals surface area contributed by atoms with Crippen molar-refractivity contribution in [1.29, 1.82) is 0 Å². The first kappa shape index (κ1) is 13.0. The van der Waals surface area contributed by atoms with Gasteiger partial charge in [0.05, 0.1) is 6.42 Å². The van der Waals surface area contributed by atoms with Gasteiger partial charge in [-0.05, 0) is 38.7 Å². The summed E-state index contributed by atoms with van der Waals surface area (Å²) >= 11 is 0. The molecule has 1 aliphatic rings. The van der Waals surface area contributed by atoms with Crippen molar-refractivity contribution < 1.29 is 4.79 Å². The Morgan fingerprint density at radius 1 is 1.44 bits per heavy atom. The van der Waals surface area contributed by atoms with E-state index in [4.69, 9.17) is 0 Å². The van der Waals surface area contributed by atoms with Crippen molar-refractivity contribution in [2.45, 2.75) is 58.4 Å². The van der Waals surface area contributed by atoms with E-state index in [1.165, 1.54) is 0 Å². The summed E-state index contributed by atoms with van der Waals surface area (Å²) in [5.74, 6) is 0.135. The van der Waals surface area contributed by atoms with Crippen LogP contribution in [0.1, 0.15) is 52.9 Å². The number of hydrogen-bond acceptors (Lipinski definition) is 1.